The van der Waals surface area contributed by atoms with Crippen LogP contribution in [0.2, 0.25) is 0 Å². The van der Waals surface area contributed by atoms with Gasteiger partial charge in [-0.25, -0.2) is 9.97 Å². The molecule has 0 aliphatic carbocycles. The van der Waals surface area contributed by atoms with Gasteiger partial charge in [0.2, 0.25) is 5.91 Å². The molecule has 16 heavy (non-hydrogen) atoms. The molecule has 1 atom stereocenters. The molecule has 0 spiro atoms. The highest BCUT2D eigenvalue weighted by Gasteiger charge is 2.21. The van der Waals surface area contributed by atoms with Gasteiger partial charge in [-0.15, -0.1) is 0 Å². The number of carbonyl (C=O) groups excluding carboxylic acids is 1. The molecule has 2 N–H and O–H groups in total. The molecule has 1 saturated heterocycles. The maximum Gasteiger partial charge on any atom is 0.237 e. The van der Waals surface area contributed by atoms with Gasteiger partial charge in [-0.1, -0.05) is 0 Å². The van der Waals surface area contributed by atoms with E-state index in [9.17, 15) is 4.79 Å². The first-order valence-corrected chi connectivity index (χ1v) is 5.55. The van der Waals surface area contributed by atoms with Crippen LogP contribution in [0.3, 0.4) is 0 Å². The van der Waals surface area contributed by atoms with Crippen LogP contribution >= 0.6 is 0 Å². The first-order valence-electron chi connectivity index (χ1n) is 5.55. The molecule has 1 fully saturated rings. The zero-order valence-electron chi connectivity index (χ0n) is 9.36. The third-order valence-corrected chi connectivity index (χ3v) is 2.65. The molecule has 0 aromatic carbocycles. The fourth-order valence-corrected chi connectivity index (χ4v) is 1.81. The summed E-state index contributed by atoms with van der Waals surface area (Å²) in [6.45, 7) is 3.24. The third kappa shape index (κ3) is 2.76. The molecule has 1 aromatic rings. The van der Waals surface area contributed by atoms with Gasteiger partial charge < -0.3 is 10.6 Å². The minimum atomic E-state index is -0.0251. The Hall–Kier alpha value is -1.49. The van der Waals surface area contributed by atoms with Crippen molar-refractivity contribution < 1.29 is 4.79 Å². The van der Waals surface area contributed by atoms with Gasteiger partial charge in [-0.05, 0) is 32.4 Å². The van der Waals surface area contributed by atoms with Crippen LogP contribution in [0.5, 0.6) is 0 Å². The van der Waals surface area contributed by atoms with Gasteiger partial charge in [0.05, 0.1) is 18.3 Å². The summed E-state index contributed by atoms with van der Waals surface area (Å²) in [5.41, 5.74) is 0.846. The lowest BCUT2D eigenvalue weighted by molar-refractivity contribution is -0.122. The molecule has 0 unspecified atom stereocenters. The van der Waals surface area contributed by atoms with Gasteiger partial charge in [0.25, 0.3) is 0 Å². The first-order chi connectivity index (χ1) is 7.75. The number of rotatable bonds is 3. The van der Waals surface area contributed by atoms with E-state index in [0.29, 0.717) is 6.54 Å². The standard InChI is InChI=1S/C11H16N4O/c1-8-12-6-4-9(15-8)7-14-11(16)10-3-2-5-13-10/h4,6,10,13H,2-3,5,7H2,1H3,(H,14,16)/t10-/m0/s1. The lowest BCUT2D eigenvalue weighted by Crippen LogP contribution is -2.40. The van der Waals surface area contributed by atoms with E-state index in [1.54, 1.807) is 6.20 Å². The van der Waals surface area contributed by atoms with E-state index in [-0.39, 0.29) is 11.9 Å². The minimum absolute atomic E-state index is 0.0251. The van der Waals surface area contributed by atoms with Gasteiger partial charge >= 0.3 is 0 Å². The largest absolute Gasteiger partial charge is 0.349 e. The molecule has 0 saturated carbocycles. The van der Waals surface area contributed by atoms with Crippen LogP contribution in [0.25, 0.3) is 0 Å². The minimum Gasteiger partial charge on any atom is -0.349 e. The number of aryl methyl sites for hydroxylation is 1. The van der Waals surface area contributed by atoms with Crippen molar-refractivity contribution in [3.8, 4) is 0 Å². The number of hydrogen-bond donors (Lipinski definition) is 2. The van der Waals surface area contributed by atoms with Crippen molar-refractivity contribution in [1.82, 2.24) is 20.6 Å². The van der Waals surface area contributed by atoms with E-state index in [2.05, 4.69) is 20.6 Å². The molecule has 5 nitrogen and oxygen atoms in total. The summed E-state index contributed by atoms with van der Waals surface area (Å²) in [5.74, 6) is 0.791. The summed E-state index contributed by atoms with van der Waals surface area (Å²) in [7, 11) is 0. The topological polar surface area (TPSA) is 66.9 Å². The van der Waals surface area contributed by atoms with Gasteiger partial charge in [0.1, 0.15) is 5.82 Å². The summed E-state index contributed by atoms with van der Waals surface area (Å²) in [6, 6.07) is 1.79. The van der Waals surface area contributed by atoms with Crippen LogP contribution in [0.15, 0.2) is 12.3 Å². The maximum absolute atomic E-state index is 11.7. The zero-order chi connectivity index (χ0) is 11.4. The predicted octanol–water partition coefficient (Wildman–Crippen LogP) is 0.153. The van der Waals surface area contributed by atoms with Gasteiger partial charge in [0, 0.05) is 6.20 Å². The van der Waals surface area contributed by atoms with E-state index < -0.39 is 0 Å². The Morgan fingerprint density at radius 3 is 3.25 bits per heavy atom. The molecule has 5 heteroatoms. The number of aromatic nitrogens is 2. The van der Waals surface area contributed by atoms with Crippen molar-refractivity contribution in [2.75, 3.05) is 6.54 Å². The SMILES string of the molecule is Cc1nccc(CNC(=O)[C@@H]2CCCN2)n1. The second-order valence-electron chi connectivity index (χ2n) is 3.96. The maximum atomic E-state index is 11.7. The van der Waals surface area contributed by atoms with Crippen molar-refractivity contribution in [3.05, 3.63) is 23.8 Å². The Kier molecular flexibility index (Phi) is 3.46. The number of amides is 1. The van der Waals surface area contributed by atoms with E-state index in [0.717, 1.165) is 30.9 Å². The van der Waals surface area contributed by atoms with Gasteiger partial charge in [0.15, 0.2) is 0 Å². The van der Waals surface area contributed by atoms with E-state index in [1.807, 2.05) is 13.0 Å². The van der Waals surface area contributed by atoms with Crippen LogP contribution < -0.4 is 10.6 Å². The Balaban J connectivity index is 1.84. The van der Waals surface area contributed by atoms with Crippen molar-refractivity contribution in [2.24, 2.45) is 0 Å². The average molecular weight is 220 g/mol. The van der Waals surface area contributed by atoms with Gasteiger partial charge in [-0.2, -0.15) is 0 Å². The van der Waals surface area contributed by atoms with Gasteiger partial charge in [-0.3, -0.25) is 4.79 Å². The molecular formula is C11H16N4O. The summed E-state index contributed by atoms with van der Waals surface area (Å²) in [6.07, 6.45) is 3.71. The van der Waals surface area contributed by atoms with E-state index in [4.69, 9.17) is 0 Å². The van der Waals surface area contributed by atoms with E-state index >= 15 is 0 Å². The van der Waals surface area contributed by atoms with Crippen LogP contribution in [-0.4, -0.2) is 28.5 Å². The van der Waals surface area contributed by atoms with Crippen molar-refractivity contribution in [3.63, 3.8) is 0 Å². The number of hydrogen-bond acceptors (Lipinski definition) is 4. The summed E-state index contributed by atoms with van der Waals surface area (Å²) in [5, 5.41) is 6.04. The Labute approximate surface area is 94.7 Å². The molecule has 2 heterocycles. The van der Waals surface area contributed by atoms with Crippen LogP contribution in [0.1, 0.15) is 24.4 Å². The van der Waals surface area contributed by atoms with Crippen molar-refractivity contribution >= 4 is 5.91 Å². The number of nitrogens with one attached hydrogen (secondary N) is 2. The summed E-state index contributed by atoms with van der Waals surface area (Å²) in [4.78, 5) is 19.9. The zero-order valence-corrected chi connectivity index (χ0v) is 9.36. The second-order valence-corrected chi connectivity index (χ2v) is 3.96. The fourth-order valence-electron chi connectivity index (χ4n) is 1.81. The number of nitrogens with zero attached hydrogens (tertiary/aromatic N) is 2. The van der Waals surface area contributed by atoms with Crippen molar-refractivity contribution in [1.29, 1.82) is 0 Å². The molecule has 1 amide bonds. The second kappa shape index (κ2) is 5.03. The monoisotopic (exact) mass is 220 g/mol. The Morgan fingerprint density at radius 1 is 1.69 bits per heavy atom. The Morgan fingerprint density at radius 2 is 2.56 bits per heavy atom. The molecule has 1 aromatic heterocycles. The van der Waals surface area contributed by atoms with Crippen molar-refractivity contribution in [2.45, 2.75) is 32.4 Å². The normalized spacial score (nSPS) is 19.7. The molecule has 86 valence electrons. The highest BCUT2D eigenvalue weighted by molar-refractivity contribution is 5.81. The average Bonchev–Trinajstić information content (AvgIpc) is 2.79. The Bertz CT molecular complexity index is 374. The third-order valence-electron chi connectivity index (χ3n) is 2.65. The molecule has 0 radical (unpaired) electrons. The molecule has 1 aliphatic rings. The van der Waals surface area contributed by atoms with Crippen LogP contribution in [-0.2, 0) is 11.3 Å². The predicted molar refractivity (Wildman–Crippen MR) is 59.6 cm³/mol. The molecular weight excluding hydrogens is 204 g/mol. The molecule has 0 bridgehead atoms. The fraction of sp³-hybridized carbons (Fsp3) is 0.545. The number of carbonyl (C=O) groups is 1. The van der Waals surface area contributed by atoms with E-state index in [1.165, 1.54) is 0 Å². The first kappa shape index (κ1) is 11.0. The molecule has 2 rings (SSSR count). The molecule has 1 aliphatic heterocycles. The smallest absolute Gasteiger partial charge is 0.237 e. The van der Waals surface area contributed by atoms with Crippen LogP contribution in [0.4, 0.5) is 0 Å². The summed E-state index contributed by atoms with van der Waals surface area (Å²) < 4.78 is 0. The van der Waals surface area contributed by atoms with Crippen LogP contribution in [0, 0.1) is 6.92 Å². The lowest BCUT2D eigenvalue weighted by atomic mass is 10.2. The summed E-state index contributed by atoms with van der Waals surface area (Å²) >= 11 is 0. The quantitative estimate of drug-likeness (QED) is 0.761. The lowest BCUT2D eigenvalue weighted by Gasteiger charge is -2.10. The highest BCUT2D eigenvalue weighted by Crippen LogP contribution is 2.04. The highest BCUT2D eigenvalue weighted by atomic mass is 16.2.